The van der Waals surface area contributed by atoms with E-state index in [9.17, 15) is 18.5 Å². The van der Waals surface area contributed by atoms with Crippen molar-refractivity contribution >= 4 is 27.2 Å². The van der Waals surface area contributed by atoms with Gasteiger partial charge in [0.05, 0.1) is 23.0 Å². The van der Waals surface area contributed by atoms with Gasteiger partial charge in [-0.15, -0.1) is 0 Å². The number of nitro benzene ring substituents is 1. The normalized spacial score (nSPS) is 21.3. The van der Waals surface area contributed by atoms with Crippen LogP contribution in [0.1, 0.15) is 38.2 Å². The van der Waals surface area contributed by atoms with Gasteiger partial charge in [-0.3, -0.25) is 10.1 Å². The Morgan fingerprint density at radius 1 is 1.15 bits per heavy atom. The molecule has 0 unspecified atom stereocenters. The third kappa shape index (κ3) is 6.02. The Kier molecular flexibility index (Phi) is 7.64. The highest BCUT2D eigenvalue weighted by molar-refractivity contribution is 7.89. The zero-order valence-electron chi connectivity index (χ0n) is 19.3. The van der Waals surface area contributed by atoms with E-state index in [0.29, 0.717) is 25.7 Å². The Bertz CT molecular complexity index is 1100. The van der Waals surface area contributed by atoms with E-state index in [1.54, 1.807) is 6.20 Å². The fourth-order valence-electron chi connectivity index (χ4n) is 4.34. The standard InChI is InChI=1S/C23H31N5O5S/c1-17-2-5-19(6-3-17)26-34(31,32)20-7-8-21(22(14-20)28(29)30)24-15-18-4-9-23(25-16-18)27-10-12-33-13-11-27/h4,7-9,14,16-17,19,24,26H,2-3,5-6,10-13,15H2,1H3. The lowest BCUT2D eigenvalue weighted by Crippen LogP contribution is -2.37. The van der Waals surface area contributed by atoms with Crippen LogP contribution in [-0.4, -0.2) is 50.7 Å². The molecule has 2 aromatic rings. The van der Waals surface area contributed by atoms with Crippen molar-refractivity contribution < 1.29 is 18.1 Å². The number of pyridine rings is 1. The van der Waals surface area contributed by atoms with Gasteiger partial charge in [0.1, 0.15) is 11.5 Å². The van der Waals surface area contributed by atoms with Crippen molar-refractivity contribution in [3.05, 3.63) is 52.2 Å². The van der Waals surface area contributed by atoms with Gasteiger partial charge in [0.2, 0.25) is 10.0 Å². The first-order valence-corrected chi connectivity index (χ1v) is 13.1. The molecule has 0 radical (unpaired) electrons. The van der Waals surface area contributed by atoms with E-state index < -0.39 is 14.9 Å². The minimum atomic E-state index is -3.84. The SMILES string of the molecule is CC1CCC(NS(=O)(=O)c2ccc(NCc3ccc(N4CCOCC4)nc3)c([N+](=O)[O-])c2)CC1. The molecule has 0 amide bonds. The van der Waals surface area contributed by atoms with Crippen LogP contribution in [0.2, 0.25) is 0 Å². The maximum absolute atomic E-state index is 12.8. The van der Waals surface area contributed by atoms with Gasteiger partial charge in [0.15, 0.2) is 0 Å². The van der Waals surface area contributed by atoms with Crippen LogP contribution in [0.5, 0.6) is 0 Å². The maximum Gasteiger partial charge on any atom is 0.293 e. The number of anilines is 2. The molecule has 34 heavy (non-hydrogen) atoms. The number of aromatic nitrogens is 1. The van der Waals surface area contributed by atoms with E-state index >= 15 is 0 Å². The van der Waals surface area contributed by atoms with Crippen molar-refractivity contribution in [1.82, 2.24) is 9.71 Å². The number of hydrogen-bond acceptors (Lipinski definition) is 8. The van der Waals surface area contributed by atoms with Gasteiger partial charge in [0, 0.05) is 37.9 Å². The van der Waals surface area contributed by atoms with E-state index in [1.165, 1.54) is 12.1 Å². The minimum Gasteiger partial charge on any atom is -0.378 e. The summed E-state index contributed by atoms with van der Waals surface area (Å²) in [6.45, 7) is 5.42. The molecular formula is C23H31N5O5S. The van der Waals surface area contributed by atoms with Crippen molar-refractivity contribution in [3.63, 3.8) is 0 Å². The average molecular weight is 490 g/mol. The number of morpholine rings is 1. The highest BCUT2D eigenvalue weighted by Gasteiger charge is 2.26. The summed E-state index contributed by atoms with van der Waals surface area (Å²) in [7, 11) is -3.84. The lowest BCUT2D eigenvalue weighted by molar-refractivity contribution is -0.384. The molecule has 2 N–H and O–H groups in total. The number of sulfonamides is 1. The summed E-state index contributed by atoms with van der Waals surface area (Å²) < 4.78 is 33.7. The minimum absolute atomic E-state index is 0.0973. The number of nitro groups is 1. The van der Waals surface area contributed by atoms with Gasteiger partial charge in [0.25, 0.3) is 5.69 Å². The first-order chi connectivity index (χ1) is 16.3. The van der Waals surface area contributed by atoms with Crippen LogP contribution < -0.4 is 14.9 Å². The van der Waals surface area contributed by atoms with Gasteiger partial charge < -0.3 is 15.0 Å². The number of rotatable bonds is 8. The molecule has 1 aromatic carbocycles. The van der Waals surface area contributed by atoms with Gasteiger partial charge in [-0.05, 0) is 55.4 Å². The number of nitrogens with zero attached hydrogens (tertiary/aromatic N) is 3. The van der Waals surface area contributed by atoms with Gasteiger partial charge >= 0.3 is 0 Å². The number of nitrogens with one attached hydrogen (secondary N) is 2. The first-order valence-electron chi connectivity index (χ1n) is 11.6. The second-order valence-corrected chi connectivity index (χ2v) is 10.7. The highest BCUT2D eigenvalue weighted by Crippen LogP contribution is 2.29. The van der Waals surface area contributed by atoms with Crippen LogP contribution in [0.3, 0.4) is 0 Å². The fraction of sp³-hybridized carbons (Fsp3) is 0.522. The topological polar surface area (TPSA) is 127 Å². The molecule has 4 rings (SSSR count). The van der Waals surface area contributed by atoms with Gasteiger partial charge in [-0.25, -0.2) is 18.1 Å². The molecule has 2 heterocycles. The van der Waals surface area contributed by atoms with Crippen molar-refractivity contribution in [1.29, 1.82) is 0 Å². The third-order valence-corrected chi connectivity index (χ3v) is 7.96. The second kappa shape index (κ2) is 10.7. The van der Waals surface area contributed by atoms with Crippen LogP contribution in [0.25, 0.3) is 0 Å². The summed E-state index contributed by atoms with van der Waals surface area (Å²) in [4.78, 5) is 17.7. The zero-order valence-corrected chi connectivity index (χ0v) is 20.1. The maximum atomic E-state index is 12.8. The molecule has 1 aliphatic heterocycles. The molecular weight excluding hydrogens is 458 g/mol. The molecule has 11 heteroatoms. The predicted molar refractivity (Wildman–Crippen MR) is 129 cm³/mol. The molecule has 1 saturated carbocycles. The number of benzene rings is 1. The summed E-state index contributed by atoms with van der Waals surface area (Å²) in [5, 5.41) is 14.7. The summed E-state index contributed by atoms with van der Waals surface area (Å²) in [6, 6.07) is 7.68. The van der Waals surface area contributed by atoms with Crippen LogP contribution in [-0.2, 0) is 21.3 Å². The highest BCUT2D eigenvalue weighted by atomic mass is 32.2. The quantitative estimate of drug-likeness (QED) is 0.427. The van der Waals surface area contributed by atoms with Crippen molar-refractivity contribution in [2.24, 2.45) is 5.92 Å². The first kappa shape index (κ1) is 24.4. The largest absolute Gasteiger partial charge is 0.378 e. The monoisotopic (exact) mass is 489 g/mol. The Labute approximate surface area is 199 Å². The molecule has 0 atom stereocenters. The Hall–Kier alpha value is -2.76. The lowest BCUT2D eigenvalue weighted by atomic mass is 9.88. The van der Waals surface area contributed by atoms with E-state index in [4.69, 9.17) is 4.74 Å². The lowest BCUT2D eigenvalue weighted by Gasteiger charge is -2.27. The zero-order chi connectivity index (χ0) is 24.1. The smallest absolute Gasteiger partial charge is 0.293 e. The number of hydrogen-bond donors (Lipinski definition) is 2. The molecule has 10 nitrogen and oxygen atoms in total. The molecule has 0 bridgehead atoms. The number of ether oxygens (including phenoxy) is 1. The Morgan fingerprint density at radius 3 is 2.53 bits per heavy atom. The van der Waals surface area contributed by atoms with Crippen LogP contribution >= 0.6 is 0 Å². The molecule has 1 aromatic heterocycles. The van der Waals surface area contributed by atoms with Crippen molar-refractivity contribution in [2.75, 3.05) is 36.5 Å². The van der Waals surface area contributed by atoms with Crippen LogP contribution in [0.4, 0.5) is 17.2 Å². The molecule has 0 spiro atoms. The molecule has 184 valence electrons. The van der Waals surface area contributed by atoms with Gasteiger partial charge in [-0.2, -0.15) is 0 Å². The van der Waals surface area contributed by atoms with Crippen LogP contribution in [0, 0.1) is 16.0 Å². The fourth-order valence-corrected chi connectivity index (χ4v) is 5.67. The second-order valence-electron chi connectivity index (χ2n) is 8.99. The average Bonchev–Trinajstić information content (AvgIpc) is 2.85. The molecule has 1 aliphatic carbocycles. The Morgan fingerprint density at radius 2 is 1.88 bits per heavy atom. The van der Waals surface area contributed by atoms with E-state index in [-0.39, 0.29) is 22.3 Å². The van der Waals surface area contributed by atoms with Crippen LogP contribution in [0.15, 0.2) is 41.4 Å². The summed E-state index contributed by atoms with van der Waals surface area (Å²) in [5.74, 6) is 1.46. The van der Waals surface area contributed by atoms with E-state index in [2.05, 4.69) is 26.8 Å². The third-order valence-electron chi connectivity index (χ3n) is 6.44. The summed E-state index contributed by atoms with van der Waals surface area (Å²) >= 11 is 0. The summed E-state index contributed by atoms with van der Waals surface area (Å²) in [5.41, 5.74) is 0.835. The summed E-state index contributed by atoms with van der Waals surface area (Å²) in [6.07, 6.45) is 5.23. The predicted octanol–water partition coefficient (Wildman–Crippen LogP) is 3.30. The van der Waals surface area contributed by atoms with Crippen molar-refractivity contribution in [3.8, 4) is 0 Å². The Balaban J connectivity index is 1.42. The van der Waals surface area contributed by atoms with Crippen molar-refractivity contribution in [2.45, 2.75) is 50.1 Å². The van der Waals surface area contributed by atoms with E-state index in [0.717, 1.165) is 56.2 Å². The van der Waals surface area contributed by atoms with Gasteiger partial charge in [-0.1, -0.05) is 13.0 Å². The molecule has 2 fully saturated rings. The molecule has 2 aliphatic rings. The van der Waals surface area contributed by atoms with E-state index in [1.807, 2.05) is 12.1 Å². The molecule has 1 saturated heterocycles.